The molecule has 1 fully saturated rings. The van der Waals surface area contributed by atoms with Gasteiger partial charge in [0.2, 0.25) is 0 Å². The second kappa shape index (κ2) is 5.07. The molecule has 1 aliphatic rings. The highest BCUT2D eigenvalue weighted by Crippen LogP contribution is 2.24. The maximum Gasteiger partial charge on any atom is 0.0725 e. The fourth-order valence-corrected chi connectivity index (χ4v) is 2.04. The minimum atomic E-state index is 0.576. The first-order valence-corrected chi connectivity index (χ1v) is 5.14. The minimum absolute atomic E-state index is 0.576. The molecule has 1 unspecified atom stereocenters. The van der Waals surface area contributed by atoms with E-state index < -0.39 is 0 Å². The van der Waals surface area contributed by atoms with Gasteiger partial charge in [-0.1, -0.05) is 0 Å². The average molecular weight is 191 g/mol. The summed E-state index contributed by atoms with van der Waals surface area (Å²) >= 11 is 1.44. The lowest BCUT2D eigenvalue weighted by Crippen LogP contribution is -2.28. The predicted octanol–water partition coefficient (Wildman–Crippen LogP) is 1.70. The van der Waals surface area contributed by atoms with Crippen LogP contribution in [-0.4, -0.2) is 36.4 Å². The molecule has 0 spiro atoms. The van der Waals surface area contributed by atoms with Crippen molar-refractivity contribution in [2.24, 2.45) is 0 Å². The van der Waals surface area contributed by atoms with Crippen LogP contribution >= 0.6 is 12.0 Å². The van der Waals surface area contributed by atoms with Gasteiger partial charge in [-0.15, -0.1) is 0 Å². The first-order chi connectivity index (χ1) is 5.74. The van der Waals surface area contributed by atoms with Gasteiger partial charge in [-0.05, 0) is 26.8 Å². The summed E-state index contributed by atoms with van der Waals surface area (Å²) in [6, 6.07) is 0.651. The van der Waals surface area contributed by atoms with Crippen LogP contribution in [0, 0.1) is 0 Å². The van der Waals surface area contributed by atoms with Crippen LogP contribution in [0.5, 0.6) is 0 Å². The number of rotatable bonds is 4. The third-order valence-corrected chi connectivity index (χ3v) is 3.02. The molecular formula is C8H17NO2S. The van der Waals surface area contributed by atoms with Crippen molar-refractivity contribution in [2.45, 2.75) is 31.6 Å². The van der Waals surface area contributed by atoms with Crippen molar-refractivity contribution in [3.8, 4) is 0 Å². The zero-order valence-electron chi connectivity index (χ0n) is 7.95. The molecule has 1 saturated heterocycles. The molecule has 0 saturated carbocycles. The monoisotopic (exact) mass is 191 g/mol. The van der Waals surface area contributed by atoms with Gasteiger partial charge in [0.1, 0.15) is 0 Å². The highest BCUT2D eigenvalue weighted by Gasteiger charge is 2.25. The summed E-state index contributed by atoms with van der Waals surface area (Å²) in [7, 11) is 1.54. The first kappa shape index (κ1) is 10.3. The molecule has 1 aliphatic heterocycles. The normalized spacial score (nSPS) is 25.5. The second-order valence-corrected chi connectivity index (χ2v) is 4.33. The molecule has 1 atom stereocenters. The second-order valence-electron chi connectivity index (χ2n) is 3.33. The molecule has 0 aromatic heterocycles. The molecule has 0 radical (unpaired) electrons. The quantitative estimate of drug-likeness (QED) is 0.383. The minimum Gasteiger partial charge on any atom is -0.300 e. The van der Waals surface area contributed by atoms with E-state index in [1.807, 2.05) is 0 Å². The van der Waals surface area contributed by atoms with Gasteiger partial charge in [-0.3, -0.25) is 4.90 Å². The lowest BCUT2D eigenvalue weighted by atomic mass is 10.3. The molecule has 0 aromatic rings. The van der Waals surface area contributed by atoms with E-state index in [1.54, 1.807) is 7.11 Å². The Morgan fingerprint density at radius 3 is 2.75 bits per heavy atom. The van der Waals surface area contributed by atoms with E-state index in [2.05, 4.69) is 23.6 Å². The molecule has 0 amide bonds. The van der Waals surface area contributed by atoms with Gasteiger partial charge in [0.25, 0.3) is 0 Å². The molecular weight excluding hydrogens is 174 g/mol. The van der Waals surface area contributed by atoms with Crippen LogP contribution in [0.25, 0.3) is 0 Å². The Morgan fingerprint density at radius 1 is 1.50 bits per heavy atom. The van der Waals surface area contributed by atoms with Crippen LogP contribution in [0.15, 0.2) is 0 Å². The SMILES string of the molecule is COOSC1CCN(C(C)C)C1. The molecule has 12 heavy (non-hydrogen) atoms. The van der Waals surface area contributed by atoms with Gasteiger partial charge in [0.05, 0.1) is 7.11 Å². The fraction of sp³-hybridized carbons (Fsp3) is 1.00. The number of likely N-dealkylation sites (tertiary alicyclic amines) is 1. The molecule has 1 rings (SSSR count). The van der Waals surface area contributed by atoms with E-state index in [1.165, 1.54) is 25.0 Å². The highest BCUT2D eigenvalue weighted by atomic mass is 32.2. The topological polar surface area (TPSA) is 21.7 Å². The summed E-state index contributed by atoms with van der Waals surface area (Å²) < 4.78 is 4.84. The van der Waals surface area contributed by atoms with Crippen LogP contribution < -0.4 is 0 Å². The fourth-order valence-electron chi connectivity index (χ4n) is 1.40. The van der Waals surface area contributed by atoms with E-state index in [0.717, 1.165) is 6.54 Å². The lowest BCUT2D eigenvalue weighted by Gasteiger charge is -2.19. The first-order valence-electron chi connectivity index (χ1n) is 4.34. The van der Waals surface area contributed by atoms with Gasteiger partial charge in [-0.25, -0.2) is 4.89 Å². The Balaban J connectivity index is 2.17. The van der Waals surface area contributed by atoms with Crippen molar-refractivity contribution in [2.75, 3.05) is 20.2 Å². The lowest BCUT2D eigenvalue weighted by molar-refractivity contribution is -0.160. The summed E-state index contributed by atoms with van der Waals surface area (Å²) in [5.41, 5.74) is 0. The van der Waals surface area contributed by atoms with Crippen molar-refractivity contribution in [1.29, 1.82) is 0 Å². The van der Waals surface area contributed by atoms with Gasteiger partial charge in [0.15, 0.2) is 0 Å². The van der Waals surface area contributed by atoms with E-state index in [9.17, 15) is 0 Å². The standard InChI is InChI=1S/C8H17NO2S/c1-7(2)9-5-4-8(6-9)12-11-10-3/h7-8H,4-6H2,1-3H3. The maximum absolute atomic E-state index is 4.84. The zero-order valence-corrected chi connectivity index (χ0v) is 8.76. The maximum atomic E-state index is 4.84. The van der Waals surface area contributed by atoms with Crippen LogP contribution in [0.2, 0.25) is 0 Å². The Morgan fingerprint density at radius 2 is 2.25 bits per heavy atom. The highest BCUT2D eigenvalue weighted by molar-refractivity contribution is 7.95. The summed E-state index contributed by atoms with van der Waals surface area (Å²) in [5.74, 6) is 0. The van der Waals surface area contributed by atoms with Crippen LogP contribution in [0.3, 0.4) is 0 Å². The molecule has 0 N–H and O–H groups in total. The average Bonchev–Trinajstić information content (AvgIpc) is 2.48. The molecule has 0 aromatic carbocycles. The van der Waals surface area contributed by atoms with E-state index >= 15 is 0 Å². The third kappa shape index (κ3) is 2.94. The van der Waals surface area contributed by atoms with Gasteiger partial charge < -0.3 is 0 Å². The van der Waals surface area contributed by atoms with Gasteiger partial charge in [0, 0.05) is 29.9 Å². The largest absolute Gasteiger partial charge is 0.300 e. The Hall–Kier alpha value is 0.230. The Bertz CT molecular complexity index is 132. The van der Waals surface area contributed by atoms with Crippen molar-refractivity contribution >= 4 is 12.0 Å². The Kier molecular flexibility index (Phi) is 4.35. The van der Waals surface area contributed by atoms with Crippen LogP contribution in [0.1, 0.15) is 20.3 Å². The molecule has 3 nitrogen and oxygen atoms in total. The summed E-state index contributed by atoms with van der Waals surface area (Å²) in [6.07, 6.45) is 1.20. The smallest absolute Gasteiger partial charge is 0.0725 e. The number of hydrogen-bond acceptors (Lipinski definition) is 4. The van der Waals surface area contributed by atoms with Crippen LogP contribution in [0.4, 0.5) is 0 Å². The van der Waals surface area contributed by atoms with Crippen molar-refractivity contribution in [3.05, 3.63) is 0 Å². The molecule has 0 bridgehead atoms. The molecule has 4 heteroatoms. The van der Waals surface area contributed by atoms with Gasteiger partial charge >= 0.3 is 0 Å². The molecule has 1 heterocycles. The predicted molar refractivity (Wildman–Crippen MR) is 50.8 cm³/mol. The molecule has 0 aliphatic carbocycles. The summed E-state index contributed by atoms with van der Waals surface area (Å²) in [5, 5.41) is 0.576. The van der Waals surface area contributed by atoms with Gasteiger partial charge in [-0.2, -0.15) is 4.33 Å². The number of nitrogens with zero attached hydrogens (tertiary/aromatic N) is 1. The van der Waals surface area contributed by atoms with E-state index in [-0.39, 0.29) is 0 Å². The van der Waals surface area contributed by atoms with Crippen molar-refractivity contribution in [1.82, 2.24) is 4.90 Å². The van der Waals surface area contributed by atoms with Crippen molar-refractivity contribution < 1.29 is 9.22 Å². The number of hydrogen-bond donors (Lipinski definition) is 0. The van der Waals surface area contributed by atoms with Crippen molar-refractivity contribution in [3.63, 3.8) is 0 Å². The zero-order chi connectivity index (χ0) is 8.97. The van der Waals surface area contributed by atoms with Crippen LogP contribution in [-0.2, 0) is 9.22 Å². The third-order valence-electron chi connectivity index (χ3n) is 2.15. The summed E-state index contributed by atoms with van der Waals surface area (Å²) in [6.45, 7) is 6.75. The molecule has 72 valence electrons. The Labute approximate surface area is 78.5 Å². The summed E-state index contributed by atoms with van der Waals surface area (Å²) in [4.78, 5) is 7.00. The van der Waals surface area contributed by atoms with E-state index in [4.69, 9.17) is 4.33 Å². The van der Waals surface area contributed by atoms with E-state index in [0.29, 0.717) is 11.3 Å².